The molecule has 0 saturated carbocycles. The highest BCUT2D eigenvalue weighted by Crippen LogP contribution is 2.19. The fourth-order valence-electron chi connectivity index (χ4n) is 1.20. The van der Waals surface area contributed by atoms with Crippen LogP contribution in [-0.2, 0) is 4.74 Å². The predicted octanol–water partition coefficient (Wildman–Crippen LogP) is 1.06. The molecular weight excluding hydrogens is 194 g/mol. The number of nitrogen functional groups attached to an aromatic ring is 1. The Kier molecular flexibility index (Phi) is 3.88. The normalized spacial score (nSPS) is 10.5. The van der Waals surface area contributed by atoms with Crippen molar-refractivity contribution >= 4 is 17.7 Å². The fourth-order valence-corrected chi connectivity index (χ4v) is 1.20. The van der Waals surface area contributed by atoms with Crippen molar-refractivity contribution in [2.75, 3.05) is 19.5 Å². The van der Waals surface area contributed by atoms with Gasteiger partial charge in [-0.2, -0.15) is 0 Å². The first-order valence-corrected chi connectivity index (χ1v) is 4.45. The number of hydrogen-bond acceptors (Lipinski definition) is 4. The van der Waals surface area contributed by atoms with Crippen LogP contribution in [-0.4, -0.2) is 24.8 Å². The first-order chi connectivity index (χ1) is 7.20. The molecular formula is C11H13NO3. The zero-order valence-electron chi connectivity index (χ0n) is 8.43. The van der Waals surface area contributed by atoms with E-state index in [1.165, 1.54) is 7.11 Å². The van der Waals surface area contributed by atoms with Gasteiger partial charge >= 0.3 is 5.97 Å². The zero-order valence-corrected chi connectivity index (χ0v) is 8.43. The molecule has 0 atom stereocenters. The highest BCUT2D eigenvalue weighted by Gasteiger charge is 2.10. The number of benzene rings is 1. The number of anilines is 1. The lowest BCUT2D eigenvalue weighted by Crippen LogP contribution is -2.06. The maximum atomic E-state index is 11.3. The molecule has 1 rings (SSSR count). The van der Waals surface area contributed by atoms with Gasteiger partial charge in [0.25, 0.3) is 0 Å². The Morgan fingerprint density at radius 3 is 2.93 bits per heavy atom. The molecule has 0 aliphatic carbocycles. The molecule has 4 nitrogen and oxygen atoms in total. The van der Waals surface area contributed by atoms with Gasteiger partial charge in [0, 0.05) is 0 Å². The van der Waals surface area contributed by atoms with E-state index in [4.69, 9.17) is 10.8 Å². The number of hydrogen-bond donors (Lipinski definition) is 2. The van der Waals surface area contributed by atoms with Crippen LogP contribution in [0.4, 0.5) is 5.69 Å². The summed E-state index contributed by atoms with van der Waals surface area (Å²) in [6.07, 6.45) is 3.20. The minimum absolute atomic E-state index is 0.0676. The van der Waals surface area contributed by atoms with Crippen molar-refractivity contribution < 1.29 is 14.6 Å². The van der Waals surface area contributed by atoms with E-state index in [9.17, 15) is 4.79 Å². The second-order valence-electron chi connectivity index (χ2n) is 2.89. The van der Waals surface area contributed by atoms with Crippen LogP contribution in [0.1, 0.15) is 15.9 Å². The summed E-state index contributed by atoms with van der Waals surface area (Å²) in [6.45, 7) is -0.0676. The van der Waals surface area contributed by atoms with Gasteiger partial charge in [-0.25, -0.2) is 4.79 Å². The number of aliphatic hydroxyl groups excluding tert-OH is 1. The molecule has 0 aliphatic rings. The smallest absolute Gasteiger partial charge is 0.339 e. The minimum atomic E-state index is -0.466. The van der Waals surface area contributed by atoms with Gasteiger partial charge in [0.05, 0.1) is 25.0 Å². The van der Waals surface area contributed by atoms with E-state index < -0.39 is 5.97 Å². The van der Waals surface area contributed by atoms with Crippen LogP contribution in [0.5, 0.6) is 0 Å². The number of carbonyl (C=O) groups is 1. The number of rotatable bonds is 3. The van der Waals surface area contributed by atoms with Crippen molar-refractivity contribution in [1.82, 2.24) is 0 Å². The number of methoxy groups -OCH3 is 1. The first-order valence-electron chi connectivity index (χ1n) is 4.45. The third kappa shape index (κ3) is 2.57. The van der Waals surface area contributed by atoms with Crippen molar-refractivity contribution in [2.45, 2.75) is 0 Å². The van der Waals surface area contributed by atoms with Crippen LogP contribution in [0.15, 0.2) is 24.3 Å². The van der Waals surface area contributed by atoms with Gasteiger partial charge in [-0.1, -0.05) is 24.3 Å². The van der Waals surface area contributed by atoms with Crippen LogP contribution in [0.25, 0.3) is 6.08 Å². The lowest BCUT2D eigenvalue weighted by atomic mass is 10.1. The summed E-state index contributed by atoms with van der Waals surface area (Å²) in [5, 5.41) is 8.62. The van der Waals surface area contributed by atoms with Gasteiger partial charge in [0.15, 0.2) is 0 Å². The van der Waals surface area contributed by atoms with Crippen molar-refractivity contribution in [2.24, 2.45) is 0 Å². The average Bonchev–Trinajstić information content (AvgIpc) is 2.27. The molecule has 0 amide bonds. The van der Waals surface area contributed by atoms with Crippen LogP contribution in [0.2, 0.25) is 0 Å². The Bertz CT molecular complexity index is 385. The summed E-state index contributed by atoms with van der Waals surface area (Å²) in [7, 11) is 1.30. The second-order valence-corrected chi connectivity index (χ2v) is 2.89. The van der Waals surface area contributed by atoms with Crippen molar-refractivity contribution in [3.05, 3.63) is 35.4 Å². The summed E-state index contributed by atoms with van der Waals surface area (Å²) in [4.78, 5) is 11.3. The Hall–Kier alpha value is -1.81. The van der Waals surface area contributed by atoms with Gasteiger partial charge in [-0.05, 0) is 11.6 Å². The molecule has 0 heterocycles. The highest BCUT2D eigenvalue weighted by atomic mass is 16.5. The number of esters is 1. The number of nitrogens with two attached hydrogens (primary N) is 1. The molecule has 1 aromatic rings. The maximum absolute atomic E-state index is 11.3. The summed E-state index contributed by atoms with van der Waals surface area (Å²) in [5.41, 5.74) is 7.14. The lowest BCUT2D eigenvalue weighted by molar-refractivity contribution is 0.0602. The molecule has 80 valence electrons. The lowest BCUT2D eigenvalue weighted by Gasteiger charge is -2.06. The molecule has 0 spiro atoms. The molecule has 15 heavy (non-hydrogen) atoms. The average molecular weight is 207 g/mol. The summed E-state index contributed by atoms with van der Waals surface area (Å²) < 4.78 is 4.58. The van der Waals surface area contributed by atoms with Crippen LogP contribution >= 0.6 is 0 Å². The Labute approximate surface area is 88.0 Å². The third-order valence-electron chi connectivity index (χ3n) is 1.95. The van der Waals surface area contributed by atoms with Gasteiger partial charge in [0.2, 0.25) is 0 Å². The topological polar surface area (TPSA) is 72.5 Å². The van der Waals surface area contributed by atoms with E-state index in [1.54, 1.807) is 30.4 Å². The molecule has 3 N–H and O–H groups in total. The molecule has 0 aliphatic heterocycles. The van der Waals surface area contributed by atoms with Crippen LogP contribution in [0, 0.1) is 0 Å². The highest BCUT2D eigenvalue weighted by molar-refractivity contribution is 5.97. The van der Waals surface area contributed by atoms with E-state index in [1.807, 2.05) is 0 Å². The number of aliphatic hydroxyl groups is 1. The van der Waals surface area contributed by atoms with E-state index in [2.05, 4.69) is 4.74 Å². The van der Waals surface area contributed by atoms with E-state index in [-0.39, 0.29) is 6.61 Å². The zero-order chi connectivity index (χ0) is 11.3. The molecule has 1 aromatic carbocycles. The van der Waals surface area contributed by atoms with E-state index in [0.717, 1.165) is 0 Å². The monoisotopic (exact) mass is 207 g/mol. The van der Waals surface area contributed by atoms with E-state index >= 15 is 0 Å². The molecule has 0 bridgehead atoms. The van der Waals surface area contributed by atoms with Crippen LogP contribution < -0.4 is 5.73 Å². The predicted molar refractivity (Wildman–Crippen MR) is 58.3 cm³/mol. The molecule has 0 saturated heterocycles. The molecule has 0 fully saturated rings. The Balaban J connectivity index is 3.11. The standard InChI is InChI=1S/C11H13NO3/c1-15-11(14)9-6-2-4-8(10(9)12)5-3-7-13/h2-6,13H,7,12H2,1H3. The number of para-hydroxylation sites is 1. The third-order valence-corrected chi connectivity index (χ3v) is 1.95. The minimum Gasteiger partial charge on any atom is -0.465 e. The molecule has 0 aromatic heterocycles. The summed E-state index contributed by atoms with van der Waals surface area (Å²) in [6, 6.07) is 5.06. The second kappa shape index (κ2) is 5.17. The van der Waals surface area contributed by atoms with Crippen molar-refractivity contribution in [1.29, 1.82) is 0 Å². The van der Waals surface area contributed by atoms with Crippen molar-refractivity contribution in [3.63, 3.8) is 0 Å². The first kappa shape index (κ1) is 11.3. The molecule has 0 radical (unpaired) electrons. The number of carbonyl (C=O) groups excluding carboxylic acids is 1. The largest absolute Gasteiger partial charge is 0.465 e. The van der Waals surface area contributed by atoms with Gasteiger partial charge in [-0.15, -0.1) is 0 Å². The fraction of sp³-hybridized carbons (Fsp3) is 0.182. The summed E-state index contributed by atoms with van der Waals surface area (Å²) >= 11 is 0. The summed E-state index contributed by atoms with van der Waals surface area (Å²) in [5.74, 6) is -0.466. The number of ether oxygens (including phenoxy) is 1. The SMILES string of the molecule is COC(=O)c1cccc(C=CCO)c1N. The van der Waals surface area contributed by atoms with Gasteiger partial charge in [-0.3, -0.25) is 0 Å². The Morgan fingerprint density at radius 1 is 1.60 bits per heavy atom. The van der Waals surface area contributed by atoms with Gasteiger partial charge < -0.3 is 15.6 Å². The van der Waals surface area contributed by atoms with E-state index in [0.29, 0.717) is 16.8 Å². The van der Waals surface area contributed by atoms with Crippen LogP contribution in [0.3, 0.4) is 0 Å². The van der Waals surface area contributed by atoms with Gasteiger partial charge in [0.1, 0.15) is 0 Å². The van der Waals surface area contributed by atoms with Crippen molar-refractivity contribution in [3.8, 4) is 0 Å². The molecule has 4 heteroatoms. The quantitative estimate of drug-likeness (QED) is 0.574. The molecule has 0 unspecified atom stereocenters. The maximum Gasteiger partial charge on any atom is 0.339 e. The Morgan fingerprint density at radius 2 is 2.33 bits per heavy atom.